The molecular weight excluding hydrogens is 310 g/mol. The van der Waals surface area contributed by atoms with Gasteiger partial charge < -0.3 is 14.8 Å². The van der Waals surface area contributed by atoms with Gasteiger partial charge in [0.05, 0.1) is 5.69 Å². The van der Waals surface area contributed by atoms with Crippen LogP contribution in [0.15, 0.2) is 35.3 Å². The Hall–Kier alpha value is -1.82. The molecule has 1 aromatic carbocycles. The highest BCUT2D eigenvalue weighted by molar-refractivity contribution is 9.10. The molecule has 1 aliphatic heterocycles. The van der Waals surface area contributed by atoms with E-state index in [0.29, 0.717) is 19.8 Å². The summed E-state index contributed by atoms with van der Waals surface area (Å²) in [7, 11) is 0. The van der Waals surface area contributed by atoms with Crippen LogP contribution in [-0.4, -0.2) is 23.2 Å². The summed E-state index contributed by atoms with van der Waals surface area (Å²) in [5.74, 6) is 1.54. The normalized spacial score (nSPS) is 13.1. The van der Waals surface area contributed by atoms with Crippen molar-refractivity contribution in [2.75, 3.05) is 18.5 Å². The molecule has 3 rings (SSSR count). The molecular formula is C13H12BrN3O2. The van der Waals surface area contributed by atoms with Gasteiger partial charge in [-0.25, -0.2) is 9.97 Å². The molecule has 2 aromatic rings. The highest BCUT2D eigenvalue weighted by atomic mass is 79.9. The number of halogens is 1. The lowest BCUT2D eigenvalue weighted by Gasteiger charge is -2.20. The van der Waals surface area contributed by atoms with E-state index in [1.165, 1.54) is 6.33 Å². The first kappa shape index (κ1) is 12.2. The number of benzene rings is 1. The van der Waals surface area contributed by atoms with E-state index in [-0.39, 0.29) is 0 Å². The summed E-state index contributed by atoms with van der Waals surface area (Å²) < 4.78 is 12.0. The van der Waals surface area contributed by atoms with Gasteiger partial charge in [-0.2, -0.15) is 0 Å². The zero-order valence-electron chi connectivity index (χ0n) is 10.1. The van der Waals surface area contributed by atoms with Crippen LogP contribution in [0.5, 0.6) is 11.5 Å². The molecule has 0 unspecified atom stereocenters. The van der Waals surface area contributed by atoms with Crippen molar-refractivity contribution in [1.29, 1.82) is 0 Å². The van der Waals surface area contributed by atoms with Gasteiger partial charge in [0.15, 0.2) is 11.5 Å². The summed E-state index contributed by atoms with van der Waals surface area (Å²) >= 11 is 3.52. The maximum absolute atomic E-state index is 5.56. The van der Waals surface area contributed by atoms with Gasteiger partial charge in [0, 0.05) is 41.1 Å². The average Bonchev–Trinajstić information content (AvgIpc) is 2.46. The van der Waals surface area contributed by atoms with Gasteiger partial charge in [-0.15, -0.1) is 0 Å². The summed E-state index contributed by atoms with van der Waals surface area (Å²) in [6.07, 6.45) is 5.08. The molecule has 1 aromatic heterocycles. The molecule has 1 N–H and O–H groups in total. The predicted molar refractivity (Wildman–Crippen MR) is 74.5 cm³/mol. The summed E-state index contributed by atoms with van der Waals surface area (Å²) in [5.41, 5.74) is 1.97. The molecule has 1 aliphatic rings. The standard InChI is InChI=1S/C13H12BrN3O2/c14-10-3-12-13(19-2-1-18-12)4-11(10)17-7-9-5-15-8-16-6-9/h3-6,8,17H,1-2,7H2. The van der Waals surface area contributed by atoms with Crippen molar-refractivity contribution in [3.63, 3.8) is 0 Å². The maximum Gasteiger partial charge on any atom is 0.163 e. The van der Waals surface area contributed by atoms with Crippen molar-refractivity contribution in [2.45, 2.75) is 6.54 Å². The number of hydrogen-bond acceptors (Lipinski definition) is 5. The fourth-order valence-corrected chi connectivity index (χ4v) is 2.28. The third-order valence-electron chi connectivity index (χ3n) is 2.73. The molecule has 6 heteroatoms. The van der Waals surface area contributed by atoms with E-state index in [1.807, 2.05) is 12.1 Å². The van der Waals surface area contributed by atoms with Gasteiger partial charge in [0.2, 0.25) is 0 Å². The number of ether oxygens (including phenoxy) is 2. The number of hydrogen-bond donors (Lipinski definition) is 1. The second-order valence-corrected chi connectivity index (χ2v) is 4.93. The van der Waals surface area contributed by atoms with Crippen molar-refractivity contribution < 1.29 is 9.47 Å². The predicted octanol–water partition coefficient (Wildman–Crippen LogP) is 2.62. The van der Waals surface area contributed by atoms with Crippen LogP contribution < -0.4 is 14.8 Å². The van der Waals surface area contributed by atoms with Gasteiger partial charge >= 0.3 is 0 Å². The van der Waals surface area contributed by atoms with E-state index in [4.69, 9.17) is 9.47 Å². The van der Waals surface area contributed by atoms with E-state index in [2.05, 4.69) is 31.2 Å². The van der Waals surface area contributed by atoms with Gasteiger partial charge in [-0.1, -0.05) is 0 Å². The topological polar surface area (TPSA) is 56.3 Å². The Morgan fingerprint density at radius 3 is 2.53 bits per heavy atom. The van der Waals surface area contributed by atoms with Crippen LogP contribution in [0.4, 0.5) is 5.69 Å². The quantitative estimate of drug-likeness (QED) is 0.941. The number of nitrogens with one attached hydrogen (secondary N) is 1. The lowest BCUT2D eigenvalue weighted by molar-refractivity contribution is 0.171. The molecule has 98 valence electrons. The van der Waals surface area contributed by atoms with Crippen molar-refractivity contribution in [3.8, 4) is 11.5 Å². The number of nitrogens with zero attached hydrogens (tertiary/aromatic N) is 2. The Balaban J connectivity index is 1.77. The lowest BCUT2D eigenvalue weighted by Crippen LogP contribution is -2.15. The third kappa shape index (κ3) is 2.78. The second kappa shape index (κ2) is 5.44. The molecule has 0 amide bonds. The molecule has 0 radical (unpaired) electrons. The minimum atomic E-state index is 0.584. The Kier molecular flexibility index (Phi) is 3.50. The van der Waals surface area contributed by atoms with E-state index in [0.717, 1.165) is 27.2 Å². The third-order valence-corrected chi connectivity index (χ3v) is 3.38. The largest absolute Gasteiger partial charge is 0.486 e. The van der Waals surface area contributed by atoms with Gasteiger partial charge in [0.25, 0.3) is 0 Å². The van der Waals surface area contributed by atoms with E-state index in [9.17, 15) is 0 Å². The molecule has 2 heterocycles. The first-order chi connectivity index (χ1) is 9.33. The smallest absolute Gasteiger partial charge is 0.163 e. The zero-order valence-corrected chi connectivity index (χ0v) is 11.7. The van der Waals surface area contributed by atoms with Crippen molar-refractivity contribution in [2.24, 2.45) is 0 Å². The van der Waals surface area contributed by atoms with Gasteiger partial charge in [-0.3, -0.25) is 0 Å². The van der Waals surface area contributed by atoms with Gasteiger partial charge in [-0.05, 0) is 15.9 Å². The SMILES string of the molecule is Brc1cc2c(cc1NCc1cncnc1)OCCO2. The fraction of sp³-hybridized carbons (Fsp3) is 0.231. The molecule has 0 aliphatic carbocycles. The molecule has 0 atom stereocenters. The summed E-state index contributed by atoms with van der Waals surface area (Å²) in [6, 6.07) is 3.85. The van der Waals surface area contributed by atoms with Crippen LogP contribution in [0.2, 0.25) is 0 Å². The van der Waals surface area contributed by atoms with Crippen LogP contribution in [0, 0.1) is 0 Å². The molecule has 0 bridgehead atoms. The monoisotopic (exact) mass is 321 g/mol. The van der Waals surface area contributed by atoms with Crippen molar-refractivity contribution in [1.82, 2.24) is 9.97 Å². The summed E-state index contributed by atoms with van der Waals surface area (Å²) in [4.78, 5) is 7.96. The minimum Gasteiger partial charge on any atom is -0.486 e. The van der Waals surface area contributed by atoms with Crippen LogP contribution in [0.1, 0.15) is 5.56 Å². The summed E-state index contributed by atoms with van der Waals surface area (Å²) in [5, 5.41) is 3.32. The molecule has 0 spiro atoms. The molecule has 0 fully saturated rings. The summed E-state index contributed by atoms with van der Waals surface area (Å²) in [6.45, 7) is 1.83. The molecule has 19 heavy (non-hydrogen) atoms. The number of aromatic nitrogens is 2. The fourth-order valence-electron chi connectivity index (χ4n) is 1.82. The highest BCUT2D eigenvalue weighted by Crippen LogP contribution is 2.38. The van der Waals surface area contributed by atoms with Gasteiger partial charge in [0.1, 0.15) is 19.5 Å². The zero-order chi connectivity index (χ0) is 13.1. The second-order valence-electron chi connectivity index (χ2n) is 4.08. The Bertz CT molecular complexity index is 578. The Morgan fingerprint density at radius 1 is 1.11 bits per heavy atom. The van der Waals surface area contributed by atoms with E-state index in [1.54, 1.807) is 12.4 Å². The molecule has 0 saturated carbocycles. The number of fused-ring (bicyclic) bond motifs is 1. The van der Waals surface area contributed by atoms with E-state index < -0.39 is 0 Å². The van der Waals surface area contributed by atoms with Crippen LogP contribution in [-0.2, 0) is 6.54 Å². The lowest BCUT2D eigenvalue weighted by atomic mass is 10.2. The molecule has 5 nitrogen and oxygen atoms in total. The first-order valence-corrected chi connectivity index (χ1v) is 6.69. The Morgan fingerprint density at radius 2 is 1.79 bits per heavy atom. The van der Waals surface area contributed by atoms with Crippen molar-refractivity contribution >= 4 is 21.6 Å². The number of rotatable bonds is 3. The highest BCUT2D eigenvalue weighted by Gasteiger charge is 2.14. The van der Waals surface area contributed by atoms with E-state index >= 15 is 0 Å². The minimum absolute atomic E-state index is 0.584. The maximum atomic E-state index is 5.56. The van der Waals surface area contributed by atoms with Crippen LogP contribution in [0.3, 0.4) is 0 Å². The van der Waals surface area contributed by atoms with Crippen molar-refractivity contribution in [3.05, 3.63) is 40.9 Å². The average molecular weight is 322 g/mol. The Labute approximate surface area is 119 Å². The number of anilines is 1. The van der Waals surface area contributed by atoms with Crippen LogP contribution >= 0.6 is 15.9 Å². The molecule has 0 saturated heterocycles. The first-order valence-electron chi connectivity index (χ1n) is 5.90. The van der Waals surface area contributed by atoms with Crippen LogP contribution in [0.25, 0.3) is 0 Å².